The van der Waals surface area contributed by atoms with Crippen molar-refractivity contribution < 1.29 is 18.8 Å². The molecule has 144 valence electrons. The van der Waals surface area contributed by atoms with Gasteiger partial charge in [0.2, 0.25) is 10.0 Å². The van der Waals surface area contributed by atoms with Crippen LogP contribution in [-0.4, -0.2) is 29.4 Å². The molecule has 1 unspecified atom stereocenters. The van der Waals surface area contributed by atoms with Gasteiger partial charge in [0.05, 0.1) is 0 Å². The number of nitrogens with one attached hydrogen (secondary N) is 1. The van der Waals surface area contributed by atoms with Crippen molar-refractivity contribution in [1.29, 1.82) is 0 Å². The molecule has 1 atom stereocenters. The Hall–Kier alpha value is -2.39. The van der Waals surface area contributed by atoms with Crippen LogP contribution in [0.5, 0.6) is 0 Å². The summed E-state index contributed by atoms with van der Waals surface area (Å²) in [5, 5.41) is 19.6. The van der Waals surface area contributed by atoms with Crippen LogP contribution >= 0.6 is 0 Å². The Kier molecular flexibility index (Phi) is 5.52. The first-order valence-corrected chi connectivity index (χ1v) is 10.1. The van der Waals surface area contributed by atoms with Gasteiger partial charge in [0.1, 0.15) is 10.6 Å². The summed E-state index contributed by atoms with van der Waals surface area (Å²) >= 11 is 0. The van der Waals surface area contributed by atoms with Crippen molar-refractivity contribution in [2.45, 2.75) is 31.3 Å². The van der Waals surface area contributed by atoms with Crippen LogP contribution in [0.3, 0.4) is 0 Å². The quantitative estimate of drug-likeness (QED) is 0.539. The molecule has 3 rings (SSSR count). The molecule has 27 heavy (non-hydrogen) atoms. The number of benzene rings is 2. The van der Waals surface area contributed by atoms with Gasteiger partial charge in [-0.1, -0.05) is 44.2 Å². The third kappa shape index (κ3) is 4.14. The Labute approximate surface area is 158 Å². The van der Waals surface area contributed by atoms with E-state index in [-0.39, 0.29) is 27.8 Å². The first-order chi connectivity index (χ1) is 12.8. The van der Waals surface area contributed by atoms with E-state index in [4.69, 9.17) is 0 Å². The highest BCUT2D eigenvalue weighted by Crippen LogP contribution is 2.24. The lowest BCUT2D eigenvalue weighted by atomic mass is 10.1. The number of sulfonamides is 1. The molecule has 0 aliphatic carbocycles. The minimum atomic E-state index is -3.96. The first kappa shape index (κ1) is 19.4. The van der Waals surface area contributed by atoms with E-state index in [9.17, 15) is 18.8 Å². The van der Waals surface area contributed by atoms with Crippen molar-refractivity contribution in [3.8, 4) is 0 Å². The first-order valence-electron chi connectivity index (χ1n) is 8.62. The van der Waals surface area contributed by atoms with Crippen molar-refractivity contribution >= 4 is 26.6 Å². The average molecular weight is 389 g/mol. The second-order valence-electron chi connectivity index (χ2n) is 6.76. The second kappa shape index (κ2) is 7.69. The molecule has 3 N–H and O–H groups in total. The lowest BCUT2D eigenvalue weighted by Gasteiger charge is -2.24. The zero-order valence-electron chi connectivity index (χ0n) is 15.1. The van der Waals surface area contributed by atoms with Gasteiger partial charge in [-0.25, -0.2) is 13.1 Å². The molecule has 0 fully saturated rings. The van der Waals surface area contributed by atoms with Crippen molar-refractivity contribution in [3.05, 3.63) is 60.8 Å². The molecule has 7 nitrogen and oxygen atoms in total. The van der Waals surface area contributed by atoms with Crippen molar-refractivity contribution in [3.63, 3.8) is 0 Å². The van der Waals surface area contributed by atoms with Gasteiger partial charge in [-0.05, 0) is 35.6 Å². The summed E-state index contributed by atoms with van der Waals surface area (Å²) in [6, 6.07) is 15.2. The predicted molar refractivity (Wildman–Crippen MR) is 103 cm³/mol. The zero-order chi connectivity index (χ0) is 19.6. The molecule has 0 saturated carbocycles. The van der Waals surface area contributed by atoms with E-state index in [2.05, 4.69) is 4.72 Å². The van der Waals surface area contributed by atoms with Crippen LogP contribution in [0, 0.1) is 5.92 Å². The zero-order valence-corrected chi connectivity index (χ0v) is 16.0. The monoisotopic (exact) mass is 389 g/mol. The minimum absolute atomic E-state index is 0.0208. The van der Waals surface area contributed by atoms with Gasteiger partial charge in [-0.2, -0.15) is 0 Å². The Bertz CT molecular complexity index is 1030. The van der Waals surface area contributed by atoms with Crippen LogP contribution in [-0.2, 0) is 16.6 Å². The Morgan fingerprint density at radius 2 is 1.70 bits per heavy atom. The molecule has 1 aromatic heterocycles. The fourth-order valence-electron chi connectivity index (χ4n) is 3.01. The van der Waals surface area contributed by atoms with Crippen LogP contribution in [0.4, 0.5) is 5.69 Å². The number of hydrogen-bond donors (Lipinski definition) is 3. The predicted octanol–water partition coefficient (Wildman–Crippen LogP) is 3.23. The Morgan fingerprint density at radius 1 is 1.04 bits per heavy atom. The van der Waals surface area contributed by atoms with Crippen molar-refractivity contribution in [1.82, 2.24) is 9.29 Å². The molecule has 0 saturated heterocycles. The smallest absolute Gasteiger partial charge is 0.243 e. The van der Waals surface area contributed by atoms with E-state index in [1.165, 1.54) is 24.3 Å². The fraction of sp³-hybridized carbons (Fsp3) is 0.263. The van der Waals surface area contributed by atoms with Gasteiger partial charge < -0.3 is 4.57 Å². The van der Waals surface area contributed by atoms with Crippen molar-refractivity contribution in [2.24, 2.45) is 5.92 Å². The minimum Gasteiger partial charge on any atom is -0.346 e. The highest BCUT2D eigenvalue weighted by molar-refractivity contribution is 7.89. The molecule has 0 radical (unpaired) electrons. The topological polar surface area (TPSA) is 94.8 Å². The third-order valence-corrected chi connectivity index (χ3v) is 6.09. The third-order valence-electron chi connectivity index (χ3n) is 4.56. The van der Waals surface area contributed by atoms with E-state index in [1.54, 1.807) is 0 Å². The van der Waals surface area contributed by atoms with Gasteiger partial charge in [0.25, 0.3) is 0 Å². The maximum absolute atomic E-state index is 12.9. The molecule has 0 amide bonds. The van der Waals surface area contributed by atoms with Crippen LogP contribution in [0.15, 0.2) is 65.7 Å². The molecular weight excluding hydrogens is 366 g/mol. The number of anilines is 1. The SMILES string of the molecule is CC(C)C(Cn1ccc2ccccc21)NS(=O)(=O)c1ccccc1N(O)O. The van der Waals surface area contributed by atoms with E-state index in [0.29, 0.717) is 6.54 Å². The maximum atomic E-state index is 12.9. The number of fused-ring (bicyclic) bond motifs is 1. The van der Waals surface area contributed by atoms with E-state index in [0.717, 1.165) is 10.9 Å². The standard InChI is InChI=1S/C19H23N3O4S/c1-14(2)16(13-21-12-11-15-7-3-4-8-17(15)21)20-27(25,26)19-10-6-5-9-18(19)22(23)24/h3-12,14,16,20,23-24H,13H2,1-2H3. The van der Waals surface area contributed by atoms with Gasteiger partial charge in [-0.3, -0.25) is 10.4 Å². The molecule has 2 aromatic carbocycles. The van der Waals surface area contributed by atoms with Crippen LogP contribution in [0.1, 0.15) is 13.8 Å². The summed E-state index contributed by atoms with van der Waals surface area (Å²) in [6.45, 7) is 4.33. The van der Waals surface area contributed by atoms with Crippen LogP contribution in [0.25, 0.3) is 10.9 Å². The van der Waals surface area contributed by atoms with Gasteiger partial charge in [0, 0.05) is 24.3 Å². The molecule has 0 spiro atoms. The maximum Gasteiger partial charge on any atom is 0.243 e. The summed E-state index contributed by atoms with van der Waals surface area (Å²) in [6.07, 6.45) is 1.94. The molecule has 0 aliphatic rings. The van der Waals surface area contributed by atoms with E-state index >= 15 is 0 Å². The molecule has 0 bridgehead atoms. The largest absolute Gasteiger partial charge is 0.346 e. The summed E-state index contributed by atoms with van der Waals surface area (Å²) < 4.78 is 30.5. The number of rotatable bonds is 7. The van der Waals surface area contributed by atoms with Gasteiger partial charge >= 0.3 is 0 Å². The number of hydrogen-bond acceptors (Lipinski definition) is 5. The summed E-state index contributed by atoms with van der Waals surface area (Å²) in [5.41, 5.74) is 0.818. The van der Waals surface area contributed by atoms with E-state index in [1.807, 2.05) is 54.9 Å². The summed E-state index contributed by atoms with van der Waals surface area (Å²) in [7, 11) is -3.96. The highest BCUT2D eigenvalue weighted by atomic mass is 32.2. The molecule has 8 heteroatoms. The highest BCUT2D eigenvalue weighted by Gasteiger charge is 2.26. The Balaban J connectivity index is 1.90. The van der Waals surface area contributed by atoms with Crippen LogP contribution < -0.4 is 9.95 Å². The van der Waals surface area contributed by atoms with Gasteiger partial charge in [0.15, 0.2) is 0 Å². The number of para-hydroxylation sites is 2. The summed E-state index contributed by atoms with van der Waals surface area (Å²) in [5.74, 6) is 0.0208. The molecule has 3 aromatic rings. The summed E-state index contributed by atoms with van der Waals surface area (Å²) in [4.78, 5) is -0.196. The van der Waals surface area contributed by atoms with Crippen molar-refractivity contribution in [2.75, 3.05) is 5.23 Å². The van der Waals surface area contributed by atoms with Gasteiger partial charge in [-0.15, -0.1) is 5.23 Å². The number of aromatic nitrogens is 1. The molecule has 1 heterocycles. The fourth-order valence-corrected chi connectivity index (χ4v) is 4.56. The Morgan fingerprint density at radius 3 is 2.41 bits per heavy atom. The molecular formula is C19H23N3O4S. The lowest BCUT2D eigenvalue weighted by molar-refractivity contribution is 0.0276. The second-order valence-corrected chi connectivity index (χ2v) is 8.44. The lowest BCUT2D eigenvalue weighted by Crippen LogP contribution is -2.41. The average Bonchev–Trinajstić information content (AvgIpc) is 3.04. The normalized spacial score (nSPS) is 13.2. The number of nitrogens with zero attached hydrogens (tertiary/aromatic N) is 2. The molecule has 0 aliphatic heterocycles. The van der Waals surface area contributed by atoms with E-state index < -0.39 is 10.0 Å². The van der Waals surface area contributed by atoms with Crippen LogP contribution in [0.2, 0.25) is 0 Å².